The van der Waals surface area contributed by atoms with Crippen LogP contribution in [0.5, 0.6) is 0 Å². The molecule has 1 N–H and O–H groups in total. The maximum Gasteiger partial charge on any atom is 0.327 e. The smallest absolute Gasteiger partial charge is 0.324 e. The number of amides is 4. The van der Waals surface area contributed by atoms with Gasteiger partial charge in [-0.2, -0.15) is 0 Å². The molecular formula is C19H19N3O3. The van der Waals surface area contributed by atoms with Crippen LogP contribution < -0.4 is 5.32 Å². The normalized spacial score (nSPS) is 14.1. The quantitative estimate of drug-likeness (QED) is 0.850. The van der Waals surface area contributed by atoms with Crippen LogP contribution >= 0.6 is 0 Å². The third-order valence-corrected chi connectivity index (χ3v) is 4.06. The van der Waals surface area contributed by atoms with E-state index in [-0.39, 0.29) is 19.0 Å². The minimum atomic E-state index is -0.447. The second-order valence-electron chi connectivity index (χ2n) is 5.99. The van der Waals surface area contributed by atoms with E-state index in [9.17, 15) is 14.4 Å². The lowest BCUT2D eigenvalue weighted by Gasteiger charge is -2.15. The predicted molar refractivity (Wildman–Crippen MR) is 94.1 cm³/mol. The maximum atomic E-state index is 12.3. The van der Waals surface area contributed by atoms with Crippen molar-refractivity contribution in [1.82, 2.24) is 9.80 Å². The van der Waals surface area contributed by atoms with Crippen molar-refractivity contribution in [3.63, 3.8) is 0 Å². The molecule has 4 amide bonds. The van der Waals surface area contributed by atoms with Crippen LogP contribution in [0.25, 0.3) is 0 Å². The van der Waals surface area contributed by atoms with Crippen LogP contribution in [0.3, 0.4) is 0 Å². The molecule has 0 atom stereocenters. The van der Waals surface area contributed by atoms with E-state index in [4.69, 9.17) is 0 Å². The van der Waals surface area contributed by atoms with Gasteiger partial charge in [0.05, 0.1) is 0 Å². The molecule has 6 nitrogen and oxygen atoms in total. The zero-order chi connectivity index (χ0) is 17.8. The minimum Gasteiger partial charge on any atom is -0.324 e. The molecule has 3 rings (SSSR count). The summed E-state index contributed by atoms with van der Waals surface area (Å²) in [5, 5.41) is 2.81. The Labute approximate surface area is 146 Å². The number of rotatable bonds is 5. The van der Waals surface area contributed by atoms with Crippen molar-refractivity contribution in [1.29, 1.82) is 0 Å². The van der Waals surface area contributed by atoms with E-state index in [1.54, 1.807) is 0 Å². The van der Waals surface area contributed by atoms with E-state index in [0.717, 1.165) is 16.0 Å². The summed E-state index contributed by atoms with van der Waals surface area (Å²) >= 11 is 0. The van der Waals surface area contributed by atoms with Gasteiger partial charge in [0, 0.05) is 12.7 Å². The average molecular weight is 337 g/mol. The largest absolute Gasteiger partial charge is 0.327 e. The topological polar surface area (TPSA) is 69.7 Å². The van der Waals surface area contributed by atoms with Crippen LogP contribution in [0.4, 0.5) is 10.5 Å². The number of hydrogen-bond donors (Lipinski definition) is 1. The van der Waals surface area contributed by atoms with Gasteiger partial charge < -0.3 is 10.2 Å². The van der Waals surface area contributed by atoms with E-state index >= 15 is 0 Å². The van der Waals surface area contributed by atoms with E-state index in [0.29, 0.717) is 12.1 Å². The number of urea groups is 1. The first-order chi connectivity index (χ1) is 12.0. The van der Waals surface area contributed by atoms with Crippen LogP contribution in [0.1, 0.15) is 11.1 Å². The zero-order valence-electron chi connectivity index (χ0n) is 13.9. The molecule has 1 saturated heterocycles. The molecule has 0 saturated carbocycles. The number of carbonyl (C=O) groups is 3. The van der Waals surface area contributed by atoms with Gasteiger partial charge in [0.1, 0.15) is 13.1 Å². The van der Waals surface area contributed by atoms with E-state index in [2.05, 4.69) is 5.32 Å². The number of nitrogens with zero attached hydrogens (tertiary/aromatic N) is 2. The lowest BCUT2D eigenvalue weighted by molar-refractivity contribution is -0.129. The van der Waals surface area contributed by atoms with Crippen molar-refractivity contribution >= 4 is 23.5 Å². The number of carbonyl (C=O) groups excluding carboxylic acids is 3. The van der Waals surface area contributed by atoms with Gasteiger partial charge in [-0.25, -0.2) is 4.79 Å². The number of nitrogens with one attached hydrogen (secondary N) is 1. The molecule has 6 heteroatoms. The Hall–Kier alpha value is -3.15. The molecule has 25 heavy (non-hydrogen) atoms. The predicted octanol–water partition coefficient (Wildman–Crippen LogP) is 2.11. The molecule has 0 unspecified atom stereocenters. The number of benzene rings is 2. The minimum absolute atomic E-state index is 0.0106. The fraction of sp³-hybridized carbons (Fsp3) is 0.211. The van der Waals surface area contributed by atoms with Crippen LogP contribution in [0.2, 0.25) is 0 Å². The van der Waals surface area contributed by atoms with Crippen molar-refractivity contribution in [3.8, 4) is 0 Å². The Bertz CT molecular complexity index is 805. The van der Waals surface area contributed by atoms with Crippen LogP contribution in [0.15, 0.2) is 54.6 Å². The molecule has 0 radical (unpaired) electrons. The average Bonchev–Trinajstić information content (AvgIpc) is 2.84. The molecule has 0 aromatic heterocycles. The molecule has 0 spiro atoms. The van der Waals surface area contributed by atoms with E-state index < -0.39 is 11.9 Å². The Morgan fingerprint density at radius 3 is 2.40 bits per heavy atom. The maximum absolute atomic E-state index is 12.3. The first-order valence-corrected chi connectivity index (χ1v) is 8.02. The van der Waals surface area contributed by atoms with E-state index in [1.807, 2.05) is 54.6 Å². The van der Waals surface area contributed by atoms with Gasteiger partial charge >= 0.3 is 6.03 Å². The molecule has 0 bridgehead atoms. The fourth-order valence-electron chi connectivity index (χ4n) is 2.77. The van der Waals surface area contributed by atoms with Crippen molar-refractivity contribution in [2.45, 2.75) is 6.42 Å². The summed E-state index contributed by atoms with van der Waals surface area (Å²) in [6.07, 6.45) is 0.682. The third-order valence-electron chi connectivity index (χ3n) is 4.06. The molecule has 1 aliphatic heterocycles. The molecule has 2 aromatic carbocycles. The van der Waals surface area contributed by atoms with Gasteiger partial charge in [-0.3, -0.25) is 14.5 Å². The van der Waals surface area contributed by atoms with Gasteiger partial charge in [-0.05, 0) is 23.6 Å². The molecule has 1 heterocycles. The number of anilines is 1. The number of imide groups is 1. The van der Waals surface area contributed by atoms with Gasteiger partial charge in [0.25, 0.3) is 5.91 Å². The summed E-state index contributed by atoms with van der Waals surface area (Å²) < 4.78 is 0. The number of hydrogen-bond acceptors (Lipinski definition) is 3. The third kappa shape index (κ3) is 3.85. The lowest BCUT2D eigenvalue weighted by atomic mass is 10.0. The SMILES string of the molecule is CN1CC(=O)N(CC(=O)Nc2ccccc2Cc2ccccc2)C1=O. The molecule has 128 valence electrons. The first kappa shape index (κ1) is 16.7. The van der Waals surface area contributed by atoms with Crippen LogP contribution in [-0.2, 0) is 16.0 Å². The summed E-state index contributed by atoms with van der Waals surface area (Å²) in [6, 6.07) is 17.0. The summed E-state index contributed by atoms with van der Waals surface area (Å²) in [5.74, 6) is -0.752. The Kier molecular flexibility index (Phi) is 4.79. The van der Waals surface area contributed by atoms with Crippen molar-refractivity contribution < 1.29 is 14.4 Å². The van der Waals surface area contributed by atoms with Crippen LogP contribution in [-0.4, -0.2) is 47.8 Å². The second-order valence-corrected chi connectivity index (χ2v) is 5.99. The van der Waals surface area contributed by atoms with Crippen molar-refractivity contribution in [2.75, 3.05) is 25.5 Å². The number of likely N-dealkylation sites (N-methyl/N-ethyl adjacent to an activating group) is 1. The van der Waals surface area contributed by atoms with E-state index in [1.165, 1.54) is 11.9 Å². The highest BCUT2D eigenvalue weighted by atomic mass is 16.2. The first-order valence-electron chi connectivity index (χ1n) is 8.02. The molecule has 2 aromatic rings. The summed E-state index contributed by atoms with van der Waals surface area (Å²) in [6.45, 7) is -0.265. The number of para-hydroxylation sites is 1. The van der Waals surface area contributed by atoms with Crippen molar-refractivity contribution in [2.24, 2.45) is 0 Å². The fourth-order valence-corrected chi connectivity index (χ4v) is 2.77. The zero-order valence-corrected chi connectivity index (χ0v) is 13.9. The summed E-state index contributed by atoms with van der Waals surface area (Å²) in [7, 11) is 1.54. The Morgan fingerprint density at radius 1 is 1.04 bits per heavy atom. The van der Waals surface area contributed by atoms with Crippen molar-refractivity contribution in [3.05, 3.63) is 65.7 Å². The standard InChI is InChI=1S/C19H19N3O3/c1-21-13-18(24)22(19(21)25)12-17(23)20-16-10-6-5-9-15(16)11-14-7-3-2-4-8-14/h2-10H,11-13H2,1H3,(H,20,23). The summed E-state index contributed by atoms with van der Waals surface area (Å²) in [4.78, 5) is 38.2. The molecular weight excluding hydrogens is 318 g/mol. The van der Waals surface area contributed by atoms with Gasteiger partial charge in [-0.15, -0.1) is 0 Å². The summed E-state index contributed by atoms with van der Waals surface area (Å²) in [5.41, 5.74) is 2.79. The van der Waals surface area contributed by atoms with Crippen LogP contribution in [0, 0.1) is 0 Å². The molecule has 1 fully saturated rings. The van der Waals surface area contributed by atoms with Gasteiger partial charge in [0.15, 0.2) is 0 Å². The lowest BCUT2D eigenvalue weighted by Crippen LogP contribution is -2.38. The molecule has 0 aliphatic carbocycles. The Balaban J connectivity index is 1.69. The molecule has 1 aliphatic rings. The highest BCUT2D eigenvalue weighted by Crippen LogP contribution is 2.19. The monoisotopic (exact) mass is 337 g/mol. The Morgan fingerprint density at radius 2 is 1.72 bits per heavy atom. The second kappa shape index (κ2) is 7.17. The van der Waals surface area contributed by atoms with Gasteiger partial charge in [-0.1, -0.05) is 48.5 Å². The van der Waals surface area contributed by atoms with Gasteiger partial charge in [0.2, 0.25) is 5.91 Å². The highest BCUT2D eigenvalue weighted by Gasteiger charge is 2.34. The highest BCUT2D eigenvalue weighted by molar-refractivity contribution is 6.06.